The van der Waals surface area contributed by atoms with Crippen molar-refractivity contribution < 1.29 is 4.74 Å². The van der Waals surface area contributed by atoms with E-state index in [1.165, 1.54) is 5.70 Å². The Kier molecular flexibility index (Phi) is 2.92. The Hall–Kier alpha value is -1.77. The van der Waals surface area contributed by atoms with E-state index in [4.69, 9.17) is 4.74 Å². The van der Waals surface area contributed by atoms with Crippen molar-refractivity contribution in [2.45, 2.75) is 26.3 Å². The zero-order valence-corrected chi connectivity index (χ0v) is 10.8. The van der Waals surface area contributed by atoms with Crippen LogP contribution in [-0.2, 0) is 0 Å². The summed E-state index contributed by atoms with van der Waals surface area (Å²) in [6.07, 6.45) is 4.05. The number of hydrogen-bond acceptors (Lipinski definition) is 3. The average molecular weight is 230 g/mol. The number of benzene rings is 1. The quantitative estimate of drug-likeness (QED) is 0.779. The van der Waals surface area contributed by atoms with Crippen LogP contribution in [0.15, 0.2) is 41.0 Å². The number of rotatable bonds is 2. The van der Waals surface area contributed by atoms with Crippen molar-refractivity contribution in [1.29, 1.82) is 0 Å². The van der Waals surface area contributed by atoms with Crippen molar-refractivity contribution in [2.75, 3.05) is 12.0 Å². The molecule has 0 saturated carbocycles. The van der Waals surface area contributed by atoms with E-state index >= 15 is 0 Å². The molecule has 17 heavy (non-hydrogen) atoms. The zero-order valence-electron chi connectivity index (χ0n) is 10.8. The standard InChI is InChI=1S/C14H18N2O/c1-11-9-14(2,3)15-10-16(11)12-5-7-13(17-4)8-6-12/h5-10H,1-4H3. The average Bonchev–Trinajstić information content (AvgIpc) is 2.28. The van der Waals surface area contributed by atoms with Crippen molar-refractivity contribution in [3.8, 4) is 5.75 Å². The lowest BCUT2D eigenvalue weighted by molar-refractivity contribution is 0.415. The monoisotopic (exact) mass is 230 g/mol. The molecule has 1 aliphatic heterocycles. The number of aliphatic imine (C=N–C) groups is 1. The summed E-state index contributed by atoms with van der Waals surface area (Å²) in [6.45, 7) is 6.29. The van der Waals surface area contributed by atoms with Gasteiger partial charge in [-0.05, 0) is 51.1 Å². The minimum absolute atomic E-state index is 0.104. The van der Waals surface area contributed by atoms with Crippen LogP contribution in [0, 0.1) is 0 Å². The van der Waals surface area contributed by atoms with Gasteiger partial charge in [0.05, 0.1) is 19.0 Å². The highest BCUT2D eigenvalue weighted by molar-refractivity contribution is 5.84. The molecular weight excluding hydrogens is 212 g/mol. The molecule has 0 saturated heterocycles. The van der Waals surface area contributed by atoms with Gasteiger partial charge >= 0.3 is 0 Å². The summed E-state index contributed by atoms with van der Waals surface area (Å²) in [6, 6.07) is 7.97. The largest absolute Gasteiger partial charge is 0.497 e. The van der Waals surface area contributed by atoms with Crippen LogP contribution in [0.4, 0.5) is 5.69 Å². The topological polar surface area (TPSA) is 24.8 Å². The molecule has 0 bridgehead atoms. The van der Waals surface area contributed by atoms with Gasteiger partial charge in [0, 0.05) is 11.4 Å². The molecule has 0 aromatic heterocycles. The van der Waals surface area contributed by atoms with Gasteiger partial charge in [0.2, 0.25) is 0 Å². The fraction of sp³-hybridized carbons (Fsp3) is 0.357. The van der Waals surface area contributed by atoms with Crippen molar-refractivity contribution in [3.05, 3.63) is 36.0 Å². The molecule has 0 spiro atoms. The maximum absolute atomic E-state index is 5.15. The van der Waals surface area contributed by atoms with Crippen LogP contribution in [0.25, 0.3) is 0 Å². The molecular formula is C14H18N2O. The molecule has 3 nitrogen and oxygen atoms in total. The van der Waals surface area contributed by atoms with Crippen molar-refractivity contribution in [3.63, 3.8) is 0 Å². The molecule has 1 aliphatic rings. The van der Waals surface area contributed by atoms with E-state index in [0.717, 1.165) is 11.4 Å². The fourth-order valence-corrected chi connectivity index (χ4v) is 1.93. The van der Waals surface area contributed by atoms with Crippen molar-refractivity contribution in [2.24, 2.45) is 4.99 Å². The maximum atomic E-state index is 5.15. The molecule has 0 fully saturated rings. The van der Waals surface area contributed by atoms with Crippen LogP contribution < -0.4 is 9.64 Å². The highest BCUT2D eigenvalue weighted by Crippen LogP contribution is 2.26. The molecule has 0 unspecified atom stereocenters. The third kappa shape index (κ3) is 2.49. The van der Waals surface area contributed by atoms with Gasteiger partial charge in [-0.2, -0.15) is 0 Å². The van der Waals surface area contributed by atoms with Gasteiger partial charge in [0.25, 0.3) is 0 Å². The summed E-state index contributed by atoms with van der Waals surface area (Å²) in [5, 5.41) is 0. The maximum Gasteiger partial charge on any atom is 0.119 e. The fourth-order valence-electron chi connectivity index (χ4n) is 1.93. The zero-order chi connectivity index (χ0) is 12.5. The van der Waals surface area contributed by atoms with Crippen LogP contribution in [0.5, 0.6) is 5.75 Å². The first-order chi connectivity index (χ1) is 8.02. The lowest BCUT2D eigenvalue weighted by Gasteiger charge is -2.29. The number of ether oxygens (including phenoxy) is 1. The summed E-state index contributed by atoms with van der Waals surface area (Å²) >= 11 is 0. The lowest BCUT2D eigenvalue weighted by Crippen LogP contribution is -2.29. The molecule has 1 heterocycles. The van der Waals surface area contributed by atoms with Gasteiger partial charge in [-0.25, -0.2) is 0 Å². The smallest absolute Gasteiger partial charge is 0.119 e. The van der Waals surface area contributed by atoms with Crippen LogP contribution in [0.1, 0.15) is 20.8 Å². The lowest BCUT2D eigenvalue weighted by atomic mass is 10.0. The summed E-state index contributed by atoms with van der Waals surface area (Å²) in [4.78, 5) is 6.58. The number of hydrogen-bond donors (Lipinski definition) is 0. The second-order valence-corrected chi connectivity index (χ2v) is 4.75. The van der Waals surface area contributed by atoms with E-state index < -0.39 is 0 Å². The van der Waals surface area contributed by atoms with E-state index in [9.17, 15) is 0 Å². The number of allylic oxidation sites excluding steroid dienone is 1. The number of methoxy groups -OCH3 is 1. The van der Waals surface area contributed by atoms with Gasteiger partial charge in [-0.15, -0.1) is 0 Å². The first kappa shape index (κ1) is 11.7. The molecule has 1 aromatic rings. The first-order valence-corrected chi connectivity index (χ1v) is 5.70. The molecule has 1 aromatic carbocycles. The minimum atomic E-state index is -0.104. The summed E-state index contributed by atoms with van der Waals surface area (Å²) in [5.74, 6) is 0.865. The first-order valence-electron chi connectivity index (χ1n) is 5.70. The summed E-state index contributed by atoms with van der Waals surface area (Å²) in [5.41, 5.74) is 2.18. The highest BCUT2D eigenvalue weighted by atomic mass is 16.5. The van der Waals surface area contributed by atoms with E-state index in [1.807, 2.05) is 30.6 Å². The van der Waals surface area contributed by atoms with Gasteiger partial charge in [-0.1, -0.05) is 0 Å². The Morgan fingerprint density at radius 1 is 1.18 bits per heavy atom. The molecule has 0 aliphatic carbocycles. The highest BCUT2D eigenvalue weighted by Gasteiger charge is 2.19. The predicted molar refractivity (Wildman–Crippen MR) is 71.8 cm³/mol. The van der Waals surface area contributed by atoms with Crippen LogP contribution in [-0.4, -0.2) is 19.0 Å². The van der Waals surface area contributed by atoms with E-state index in [1.54, 1.807) is 7.11 Å². The van der Waals surface area contributed by atoms with E-state index in [2.05, 4.69) is 36.7 Å². The van der Waals surface area contributed by atoms with Crippen molar-refractivity contribution in [1.82, 2.24) is 0 Å². The second kappa shape index (κ2) is 4.24. The van der Waals surface area contributed by atoms with Gasteiger partial charge < -0.3 is 9.64 Å². The Labute approximate surface area is 102 Å². The van der Waals surface area contributed by atoms with Crippen LogP contribution in [0.3, 0.4) is 0 Å². The molecule has 2 rings (SSSR count). The van der Waals surface area contributed by atoms with E-state index in [0.29, 0.717) is 0 Å². The third-order valence-corrected chi connectivity index (χ3v) is 2.80. The molecule has 0 amide bonds. The van der Waals surface area contributed by atoms with Crippen LogP contribution >= 0.6 is 0 Å². The molecule has 3 heteroatoms. The Morgan fingerprint density at radius 2 is 1.82 bits per heavy atom. The van der Waals surface area contributed by atoms with E-state index in [-0.39, 0.29) is 5.54 Å². The molecule has 0 atom stereocenters. The molecule has 0 radical (unpaired) electrons. The second-order valence-electron chi connectivity index (χ2n) is 4.75. The Morgan fingerprint density at radius 3 is 2.35 bits per heavy atom. The number of anilines is 1. The van der Waals surface area contributed by atoms with Crippen LogP contribution in [0.2, 0.25) is 0 Å². The normalized spacial score (nSPS) is 17.9. The minimum Gasteiger partial charge on any atom is -0.497 e. The molecule has 90 valence electrons. The van der Waals surface area contributed by atoms with Gasteiger partial charge in [-0.3, -0.25) is 4.99 Å². The summed E-state index contributed by atoms with van der Waals surface area (Å²) in [7, 11) is 1.67. The Bertz CT molecular complexity index is 458. The molecule has 0 N–H and O–H groups in total. The van der Waals surface area contributed by atoms with Gasteiger partial charge in [0.15, 0.2) is 0 Å². The third-order valence-electron chi connectivity index (χ3n) is 2.80. The summed E-state index contributed by atoms with van der Waals surface area (Å²) < 4.78 is 5.15. The SMILES string of the molecule is COc1ccc(N2C=NC(C)(C)C=C2C)cc1. The van der Waals surface area contributed by atoms with Crippen molar-refractivity contribution >= 4 is 12.0 Å². The Balaban J connectivity index is 2.27. The number of nitrogens with zero attached hydrogens (tertiary/aromatic N) is 2. The van der Waals surface area contributed by atoms with Gasteiger partial charge in [0.1, 0.15) is 5.75 Å². The predicted octanol–water partition coefficient (Wildman–Crippen LogP) is 3.23.